The molecule has 1 aromatic carbocycles. The van der Waals surface area contributed by atoms with Crippen LogP contribution in [0.1, 0.15) is 54.3 Å². The van der Waals surface area contributed by atoms with E-state index in [9.17, 15) is 0 Å². The van der Waals surface area contributed by atoms with Gasteiger partial charge < -0.3 is 15.0 Å². The predicted octanol–water partition coefficient (Wildman–Crippen LogP) is 3.05. The Labute approximate surface area is 118 Å². The highest BCUT2D eigenvalue weighted by atomic mass is 16.5. The number of nitrogens with zero attached hydrogens (tertiary/aromatic N) is 2. The molecule has 1 aliphatic heterocycles. The van der Waals surface area contributed by atoms with Crippen molar-refractivity contribution in [2.75, 3.05) is 0 Å². The highest BCUT2D eigenvalue weighted by Gasteiger charge is 2.32. The van der Waals surface area contributed by atoms with Crippen LogP contribution in [0.3, 0.4) is 0 Å². The van der Waals surface area contributed by atoms with Gasteiger partial charge in [-0.15, -0.1) is 0 Å². The molecule has 0 bridgehead atoms. The molecule has 4 heteroatoms. The summed E-state index contributed by atoms with van der Waals surface area (Å²) in [4.78, 5) is 4.30. The Kier molecular flexibility index (Phi) is 2.60. The van der Waals surface area contributed by atoms with Crippen molar-refractivity contribution in [2.45, 2.75) is 44.4 Å². The summed E-state index contributed by atoms with van der Waals surface area (Å²) in [5.74, 6) is 0.919. The Morgan fingerprint density at radius 2 is 2.20 bits per heavy atom. The number of rotatable bonds is 2. The molecule has 0 spiro atoms. The molecule has 1 saturated carbocycles. The molecule has 1 fully saturated rings. The summed E-state index contributed by atoms with van der Waals surface area (Å²) in [5, 5.41) is 0. The van der Waals surface area contributed by atoms with Crippen LogP contribution in [0.5, 0.6) is 5.75 Å². The van der Waals surface area contributed by atoms with Gasteiger partial charge in [0.15, 0.2) is 0 Å². The molecule has 4 rings (SSSR count). The zero-order chi connectivity index (χ0) is 13.7. The summed E-state index contributed by atoms with van der Waals surface area (Å²) < 4.78 is 8.44. The highest BCUT2D eigenvalue weighted by molar-refractivity contribution is 5.41. The van der Waals surface area contributed by atoms with Crippen LogP contribution in [-0.4, -0.2) is 9.55 Å². The molecule has 0 radical (unpaired) electrons. The van der Waals surface area contributed by atoms with E-state index in [2.05, 4.69) is 28.6 Å². The lowest BCUT2D eigenvalue weighted by Crippen LogP contribution is -2.25. The Morgan fingerprint density at radius 3 is 3.00 bits per heavy atom. The first-order valence-corrected chi connectivity index (χ1v) is 7.27. The van der Waals surface area contributed by atoms with Gasteiger partial charge in [0.2, 0.25) is 0 Å². The van der Waals surface area contributed by atoms with Crippen LogP contribution in [-0.2, 0) is 0 Å². The normalized spacial score (nSPS) is 25.1. The van der Waals surface area contributed by atoms with Crippen LogP contribution in [0.25, 0.3) is 0 Å². The third-order valence-corrected chi connectivity index (χ3v) is 4.27. The van der Waals surface area contributed by atoms with E-state index in [1.807, 2.05) is 18.6 Å². The van der Waals surface area contributed by atoms with Crippen molar-refractivity contribution >= 4 is 0 Å². The maximum Gasteiger partial charge on any atom is 0.142 e. The summed E-state index contributed by atoms with van der Waals surface area (Å²) in [6, 6.07) is 6.90. The van der Waals surface area contributed by atoms with Crippen molar-refractivity contribution < 1.29 is 4.74 Å². The standard InChI is InChI=1S/C16H19N3O/c1-10-2-5-15-12(6-10)13(17)7-16(20-15)14-8-18-9-19(14)11-3-4-11/h2,5-6,8-9,11,13,16H,3-4,7,17H2,1H3/t13-,16?/m0/s1. The molecule has 20 heavy (non-hydrogen) atoms. The van der Waals surface area contributed by atoms with Crippen molar-refractivity contribution in [1.29, 1.82) is 0 Å². The first-order valence-electron chi connectivity index (χ1n) is 7.27. The zero-order valence-electron chi connectivity index (χ0n) is 11.6. The minimum atomic E-state index is 0.0170. The molecular formula is C16H19N3O. The minimum absolute atomic E-state index is 0.0170. The van der Waals surface area contributed by atoms with Crippen molar-refractivity contribution in [3.63, 3.8) is 0 Å². The average Bonchev–Trinajstić information content (AvgIpc) is 3.17. The second kappa shape index (κ2) is 4.35. The molecule has 1 unspecified atom stereocenters. The van der Waals surface area contributed by atoms with E-state index in [4.69, 9.17) is 10.5 Å². The predicted molar refractivity (Wildman–Crippen MR) is 76.6 cm³/mol. The fourth-order valence-corrected chi connectivity index (χ4v) is 3.03. The zero-order valence-corrected chi connectivity index (χ0v) is 11.6. The number of ether oxygens (including phenoxy) is 1. The van der Waals surface area contributed by atoms with E-state index in [0.29, 0.717) is 6.04 Å². The quantitative estimate of drug-likeness (QED) is 0.911. The van der Waals surface area contributed by atoms with Crippen molar-refractivity contribution in [3.8, 4) is 5.75 Å². The van der Waals surface area contributed by atoms with Crippen LogP contribution in [0, 0.1) is 6.92 Å². The van der Waals surface area contributed by atoms with E-state index >= 15 is 0 Å². The molecule has 2 atom stereocenters. The molecular weight excluding hydrogens is 250 g/mol. The fraction of sp³-hybridized carbons (Fsp3) is 0.438. The summed E-state index contributed by atoms with van der Waals surface area (Å²) >= 11 is 0. The number of hydrogen-bond acceptors (Lipinski definition) is 3. The largest absolute Gasteiger partial charge is 0.484 e. The Balaban J connectivity index is 1.68. The molecule has 104 valence electrons. The smallest absolute Gasteiger partial charge is 0.142 e. The molecule has 1 aliphatic carbocycles. The second-order valence-corrected chi connectivity index (χ2v) is 5.95. The lowest BCUT2D eigenvalue weighted by molar-refractivity contribution is 0.153. The van der Waals surface area contributed by atoms with Crippen molar-refractivity contribution in [1.82, 2.24) is 9.55 Å². The van der Waals surface area contributed by atoms with Crippen LogP contribution in [0.2, 0.25) is 0 Å². The number of fused-ring (bicyclic) bond motifs is 1. The van der Waals surface area contributed by atoms with Crippen LogP contribution < -0.4 is 10.5 Å². The van der Waals surface area contributed by atoms with Gasteiger partial charge in [-0.25, -0.2) is 4.98 Å². The average molecular weight is 269 g/mol. The monoisotopic (exact) mass is 269 g/mol. The van der Waals surface area contributed by atoms with E-state index in [-0.39, 0.29) is 12.1 Å². The van der Waals surface area contributed by atoms with Gasteiger partial charge in [-0.1, -0.05) is 17.7 Å². The topological polar surface area (TPSA) is 53.1 Å². The Hall–Kier alpha value is -1.81. The van der Waals surface area contributed by atoms with Crippen LogP contribution in [0.4, 0.5) is 0 Å². The van der Waals surface area contributed by atoms with Gasteiger partial charge in [0.05, 0.1) is 18.2 Å². The third-order valence-electron chi connectivity index (χ3n) is 4.27. The number of hydrogen-bond donors (Lipinski definition) is 1. The van der Waals surface area contributed by atoms with E-state index in [0.717, 1.165) is 23.4 Å². The Bertz CT molecular complexity index is 645. The highest BCUT2D eigenvalue weighted by Crippen LogP contribution is 2.43. The van der Waals surface area contributed by atoms with Crippen LogP contribution in [0.15, 0.2) is 30.7 Å². The molecule has 1 aromatic heterocycles. The SMILES string of the molecule is Cc1ccc2c(c1)[C@@H](N)CC(c1cncn1C1CC1)O2. The number of aryl methyl sites for hydroxylation is 1. The summed E-state index contributed by atoms with van der Waals surface area (Å²) in [6.45, 7) is 2.08. The van der Waals surface area contributed by atoms with Gasteiger partial charge >= 0.3 is 0 Å². The van der Waals surface area contributed by atoms with E-state index in [1.54, 1.807) is 0 Å². The summed E-state index contributed by atoms with van der Waals surface area (Å²) in [7, 11) is 0. The lowest BCUT2D eigenvalue weighted by atomic mass is 9.94. The lowest BCUT2D eigenvalue weighted by Gasteiger charge is -2.31. The molecule has 2 N–H and O–H groups in total. The van der Waals surface area contributed by atoms with Crippen LogP contribution >= 0.6 is 0 Å². The second-order valence-electron chi connectivity index (χ2n) is 5.95. The first kappa shape index (κ1) is 12.0. The number of imidazole rings is 1. The van der Waals surface area contributed by atoms with Gasteiger partial charge in [-0.05, 0) is 25.8 Å². The van der Waals surface area contributed by atoms with E-state index in [1.165, 1.54) is 18.4 Å². The molecule has 4 nitrogen and oxygen atoms in total. The molecule has 2 aliphatic rings. The van der Waals surface area contributed by atoms with Gasteiger partial charge in [-0.3, -0.25) is 0 Å². The van der Waals surface area contributed by atoms with Crippen molar-refractivity contribution in [2.24, 2.45) is 5.73 Å². The first-order chi connectivity index (χ1) is 9.72. The van der Waals surface area contributed by atoms with Gasteiger partial charge in [0.1, 0.15) is 11.9 Å². The van der Waals surface area contributed by atoms with Gasteiger partial charge in [-0.2, -0.15) is 0 Å². The number of nitrogens with two attached hydrogens (primary N) is 1. The summed E-state index contributed by atoms with van der Waals surface area (Å²) in [5.41, 5.74) is 9.86. The molecule has 0 amide bonds. The number of benzene rings is 1. The minimum Gasteiger partial charge on any atom is -0.484 e. The molecule has 0 saturated heterocycles. The maximum absolute atomic E-state index is 6.34. The maximum atomic E-state index is 6.34. The third kappa shape index (κ3) is 1.91. The van der Waals surface area contributed by atoms with Gasteiger partial charge in [0, 0.05) is 24.1 Å². The van der Waals surface area contributed by atoms with Crippen molar-refractivity contribution in [3.05, 3.63) is 47.5 Å². The molecule has 2 heterocycles. The molecule has 2 aromatic rings. The summed E-state index contributed by atoms with van der Waals surface area (Å²) in [6.07, 6.45) is 7.18. The fourth-order valence-electron chi connectivity index (χ4n) is 3.03. The Morgan fingerprint density at radius 1 is 1.35 bits per heavy atom. The van der Waals surface area contributed by atoms with E-state index < -0.39 is 0 Å². The van der Waals surface area contributed by atoms with Gasteiger partial charge in [0.25, 0.3) is 0 Å². The number of aromatic nitrogens is 2.